The zero-order chi connectivity index (χ0) is 41.1. The van der Waals surface area contributed by atoms with E-state index in [9.17, 15) is 0 Å². The number of anilines is 3. The molecule has 0 fully saturated rings. The Labute approximate surface area is 356 Å². The van der Waals surface area contributed by atoms with Gasteiger partial charge in [0.15, 0.2) is 0 Å². The van der Waals surface area contributed by atoms with Crippen molar-refractivity contribution < 1.29 is 0 Å². The average molecular weight is 774 g/mol. The lowest BCUT2D eigenvalue weighted by atomic mass is 9.67. The first kappa shape index (κ1) is 38.6. The first-order chi connectivity index (χ1) is 29.4. The van der Waals surface area contributed by atoms with Gasteiger partial charge in [0.1, 0.15) is 0 Å². The van der Waals surface area contributed by atoms with Crippen molar-refractivity contribution >= 4 is 17.1 Å². The molecule has 0 spiro atoms. The van der Waals surface area contributed by atoms with Crippen molar-refractivity contribution in [1.29, 1.82) is 0 Å². The van der Waals surface area contributed by atoms with E-state index < -0.39 is 0 Å². The third kappa shape index (κ3) is 7.23. The maximum absolute atomic E-state index is 3.24. The van der Waals surface area contributed by atoms with E-state index in [0.29, 0.717) is 5.92 Å². The van der Waals surface area contributed by atoms with Gasteiger partial charge in [0.05, 0.1) is 0 Å². The summed E-state index contributed by atoms with van der Waals surface area (Å²) in [5.41, 5.74) is 22.9. The molecular formula is C59H51N. The Kier molecular flexibility index (Phi) is 10.8. The van der Waals surface area contributed by atoms with Crippen molar-refractivity contribution in [3.8, 4) is 44.5 Å². The molecule has 60 heavy (non-hydrogen) atoms. The zero-order valence-corrected chi connectivity index (χ0v) is 35.1. The predicted octanol–water partition coefficient (Wildman–Crippen LogP) is 16.2. The van der Waals surface area contributed by atoms with Crippen molar-refractivity contribution in [2.24, 2.45) is 5.92 Å². The molecule has 2 aliphatic rings. The van der Waals surface area contributed by atoms with Gasteiger partial charge in [-0.2, -0.15) is 0 Å². The van der Waals surface area contributed by atoms with Crippen LogP contribution in [-0.4, -0.2) is 0 Å². The molecule has 0 aromatic heterocycles. The Morgan fingerprint density at radius 2 is 1.18 bits per heavy atom. The topological polar surface area (TPSA) is 3.24 Å². The van der Waals surface area contributed by atoms with Crippen molar-refractivity contribution in [2.45, 2.75) is 46.0 Å². The van der Waals surface area contributed by atoms with Crippen molar-refractivity contribution in [3.63, 3.8) is 0 Å². The van der Waals surface area contributed by atoms with Crippen molar-refractivity contribution in [1.82, 2.24) is 0 Å². The average Bonchev–Trinajstić information content (AvgIpc) is 3.57. The van der Waals surface area contributed by atoms with Gasteiger partial charge in [0.2, 0.25) is 0 Å². The third-order valence-corrected chi connectivity index (χ3v) is 12.4. The fourth-order valence-electron chi connectivity index (χ4n) is 9.38. The van der Waals surface area contributed by atoms with Gasteiger partial charge in [0, 0.05) is 22.5 Å². The number of hydrogen-bond acceptors (Lipinski definition) is 1. The van der Waals surface area contributed by atoms with E-state index in [1.165, 1.54) is 72.3 Å². The number of rotatable bonds is 10. The van der Waals surface area contributed by atoms with E-state index in [4.69, 9.17) is 0 Å². The minimum atomic E-state index is -0.347. The van der Waals surface area contributed by atoms with Crippen LogP contribution in [0.5, 0.6) is 0 Å². The summed E-state index contributed by atoms with van der Waals surface area (Å²) in [5.74, 6) is 0.465. The van der Waals surface area contributed by atoms with Crippen LogP contribution in [0.1, 0.15) is 48.9 Å². The number of nitrogens with zero attached hydrogens (tertiary/aromatic N) is 1. The standard InChI is InChI=1S/C59H51N/c1-5-6-7-8-16-38-59(49-22-17-18-42(2)39-49)57-25-15-14-24-54(57)55-37-36-52(41-58(55)59)60(50-32-28-46(29-33-50)45-20-10-9-11-21-45)51-34-30-47(31-35-51)48-27-26-44(4)56(40-48)53-23-13-12-19-43(53)3/h5,7-17,19-37,39-42H,18,38H2,1-4H3/b16-8-. The molecule has 7 aromatic rings. The van der Waals surface area contributed by atoms with E-state index in [2.05, 4.69) is 226 Å². The molecule has 0 amide bonds. The lowest BCUT2D eigenvalue weighted by Gasteiger charge is -2.36. The van der Waals surface area contributed by atoms with Crippen LogP contribution in [0, 0.1) is 19.8 Å². The van der Waals surface area contributed by atoms with Gasteiger partial charge in [-0.3, -0.25) is 0 Å². The SMILES string of the molecule is CC=C=C/C=C\CC1(C2=CC(C)CC=C2)c2ccccc2-c2ccc(N(c3ccc(-c4ccccc4)cc3)c3ccc(-c4ccc(C)c(-c5ccccc5C)c4)cc3)cc21. The quantitative estimate of drug-likeness (QED) is 0.0988. The molecule has 0 N–H and O–H groups in total. The highest BCUT2D eigenvalue weighted by atomic mass is 15.1. The normalized spacial score (nSPS) is 16.5. The lowest BCUT2D eigenvalue weighted by molar-refractivity contribution is 0.615. The first-order valence-electron chi connectivity index (χ1n) is 21.3. The second-order valence-electron chi connectivity index (χ2n) is 16.3. The minimum absolute atomic E-state index is 0.347. The number of allylic oxidation sites excluding steroid dienone is 7. The molecule has 2 unspecified atom stereocenters. The van der Waals surface area contributed by atoms with Crippen LogP contribution < -0.4 is 4.90 Å². The molecule has 0 bridgehead atoms. The van der Waals surface area contributed by atoms with Crippen LogP contribution >= 0.6 is 0 Å². The van der Waals surface area contributed by atoms with Crippen LogP contribution in [0.3, 0.4) is 0 Å². The molecule has 9 rings (SSSR count). The minimum Gasteiger partial charge on any atom is -0.310 e. The summed E-state index contributed by atoms with van der Waals surface area (Å²) in [6, 6.07) is 60.6. The van der Waals surface area contributed by atoms with Gasteiger partial charge in [-0.25, -0.2) is 0 Å². The summed E-state index contributed by atoms with van der Waals surface area (Å²) in [6.07, 6.45) is 17.6. The fourth-order valence-corrected chi connectivity index (χ4v) is 9.38. The maximum Gasteiger partial charge on any atom is 0.0495 e. The third-order valence-electron chi connectivity index (χ3n) is 12.4. The molecule has 1 heteroatoms. The van der Waals surface area contributed by atoms with Crippen LogP contribution in [0.25, 0.3) is 44.5 Å². The maximum atomic E-state index is 3.24. The Morgan fingerprint density at radius 1 is 0.583 bits per heavy atom. The highest BCUT2D eigenvalue weighted by Crippen LogP contribution is 2.57. The molecule has 2 aliphatic carbocycles. The Balaban J connectivity index is 1.19. The van der Waals surface area contributed by atoms with Gasteiger partial charge in [0.25, 0.3) is 0 Å². The van der Waals surface area contributed by atoms with Crippen LogP contribution in [-0.2, 0) is 5.41 Å². The Morgan fingerprint density at radius 3 is 1.90 bits per heavy atom. The van der Waals surface area contributed by atoms with Gasteiger partial charge < -0.3 is 4.90 Å². The van der Waals surface area contributed by atoms with Crippen LogP contribution in [0.4, 0.5) is 17.1 Å². The van der Waals surface area contributed by atoms with Crippen molar-refractivity contribution in [2.75, 3.05) is 4.90 Å². The van der Waals surface area contributed by atoms with Gasteiger partial charge in [-0.05, 0) is 166 Å². The highest BCUT2D eigenvalue weighted by Gasteiger charge is 2.45. The smallest absolute Gasteiger partial charge is 0.0495 e. The second-order valence-corrected chi connectivity index (χ2v) is 16.3. The van der Waals surface area contributed by atoms with Crippen LogP contribution in [0.2, 0.25) is 0 Å². The number of fused-ring (bicyclic) bond motifs is 3. The van der Waals surface area contributed by atoms with E-state index in [1.54, 1.807) is 0 Å². The Bertz CT molecular complexity index is 2830. The summed E-state index contributed by atoms with van der Waals surface area (Å²) < 4.78 is 0. The lowest BCUT2D eigenvalue weighted by Crippen LogP contribution is -2.28. The van der Waals surface area contributed by atoms with Gasteiger partial charge in [-0.1, -0.05) is 159 Å². The second kappa shape index (κ2) is 16.7. The van der Waals surface area contributed by atoms with E-state index in [1.807, 2.05) is 19.1 Å². The van der Waals surface area contributed by atoms with E-state index >= 15 is 0 Å². The summed E-state index contributed by atoms with van der Waals surface area (Å²) in [7, 11) is 0. The molecule has 0 saturated heterocycles. The molecule has 7 aromatic carbocycles. The zero-order valence-electron chi connectivity index (χ0n) is 35.1. The monoisotopic (exact) mass is 773 g/mol. The number of hydrogen-bond donors (Lipinski definition) is 0. The van der Waals surface area contributed by atoms with E-state index in [0.717, 1.165) is 29.9 Å². The van der Waals surface area contributed by atoms with Crippen LogP contribution in [0.15, 0.2) is 218 Å². The summed E-state index contributed by atoms with van der Waals surface area (Å²) in [6.45, 7) is 8.75. The van der Waals surface area contributed by atoms with Gasteiger partial charge in [-0.15, -0.1) is 5.73 Å². The molecular weight excluding hydrogens is 723 g/mol. The summed E-state index contributed by atoms with van der Waals surface area (Å²) in [5, 5.41) is 0. The molecule has 0 radical (unpaired) electrons. The van der Waals surface area contributed by atoms with Crippen molar-refractivity contribution in [3.05, 3.63) is 240 Å². The molecule has 0 heterocycles. The largest absolute Gasteiger partial charge is 0.310 e. The molecule has 1 nitrogen and oxygen atoms in total. The first-order valence-corrected chi connectivity index (χ1v) is 21.3. The number of aryl methyl sites for hydroxylation is 2. The molecule has 0 saturated carbocycles. The molecule has 292 valence electrons. The molecule has 0 aliphatic heterocycles. The predicted molar refractivity (Wildman–Crippen MR) is 256 cm³/mol. The fraction of sp³-hybridized carbons (Fsp3) is 0.136. The summed E-state index contributed by atoms with van der Waals surface area (Å²) >= 11 is 0. The summed E-state index contributed by atoms with van der Waals surface area (Å²) in [4.78, 5) is 2.43. The highest BCUT2D eigenvalue weighted by molar-refractivity contribution is 5.89. The Hall–Kier alpha value is -6.92. The van der Waals surface area contributed by atoms with E-state index in [-0.39, 0.29) is 5.41 Å². The van der Waals surface area contributed by atoms with Gasteiger partial charge >= 0.3 is 0 Å². The molecule has 2 atom stereocenters. The number of benzene rings is 7.